The second kappa shape index (κ2) is 12.9. The molecule has 0 saturated heterocycles. The second-order valence-electron chi connectivity index (χ2n) is 12.6. The highest BCUT2D eigenvalue weighted by atomic mass is 19.1. The van der Waals surface area contributed by atoms with Gasteiger partial charge in [0.25, 0.3) is 0 Å². The topological polar surface area (TPSA) is 21.1 Å². The van der Waals surface area contributed by atoms with Crippen LogP contribution < -0.4 is 4.90 Å². The Morgan fingerprint density at radius 3 is 1.45 bits per heavy atom. The van der Waals surface area contributed by atoms with Gasteiger partial charge in [-0.15, -0.1) is 0 Å². The van der Waals surface area contributed by atoms with Crippen LogP contribution in [0, 0.1) is 5.82 Å². The van der Waals surface area contributed by atoms with Gasteiger partial charge < -0.3 is 4.90 Å². The first kappa shape index (κ1) is 30.3. The molecule has 9 rings (SSSR count). The van der Waals surface area contributed by atoms with Gasteiger partial charge in [0.1, 0.15) is 11.5 Å². The van der Waals surface area contributed by atoms with E-state index >= 15 is 4.39 Å². The van der Waals surface area contributed by atoms with Gasteiger partial charge in [0, 0.05) is 34.0 Å². The number of benzene rings is 7. The van der Waals surface area contributed by atoms with E-state index in [1.54, 1.807) is 18.3 Å². The number of aromatic nitrogens is 2. The highest BCUT2D eigenvalue weighted by molar-refractivity contribution is 6.07. The van der Waals surface area contributed by atoms with Gasteiger partial charge in [-0.05, 0) is 106 Å². The quantitative estimate of drug-likeness (QED) is 0.170. The molecule has 0 atom stereocenters. The van der Waals surface area contributed by atoms with Crippen LogP contribution >= 0.6 is 0 Å². The maximum Gasteiger partial charge on any atom is 0.145 e. The van der Waals surface area contributed by atoms with E-state index in [2.05, 4.69) is 144 Å². The van der Waals surface area contributed by atoms with E-state index in [0.717, 1.165) is 66.9 Å². The van der Waals surface area contributed by atoms with Crippen LogP contribution in [0.25, 0.3) is 61.0 Å². The molecule has 0 aliphatic rings. The Balaban J connectivity index is 1.10. The molecule has 0 unspecified atom stereocenters. The zero-order valence-corrected chi connectivity index (χ0v) is 27.7. The third kappa shape index (κ3) is 5.73. The lowest BCUT2D eigenvalue weighted by Crippen LogP contribution is -2.09. The lowest BCUT2D eigenvalue weighted by Gasteiger charge is -2.26. The third-order valence-electron chi connectivity index (χ3n) is 9.50. The molecule has 7 aromatic carbocycles. The molecule has 0 radical (unpaired) electrons. The summed E-state index contributed by atoms with van der Waals surface area (Å²) in [5.74, 6) is -0.299. The molecule has 3 nitrogen and oxygen atoms in total. The molecular formula is C47H32FN3. The lowest BCUT2D eigenvalue weighted by molar-refractivity contribution is 0.627. The van der Waals surface area contributed by atoms with Gasteiger partial charge in [-0.2, -0.15) is 0 Å². The average molecular weight is 658 g/mol. The van der Waals surface area contributed by atoms with Crippen molar-refractivity contribution in [3.8, 4) is 39.1 Å². The number of anilines is 3. The first-order valence-corrected chi connectivity index (χ1v) is 17.1. The summed E-state index contributed by atoms with van der Waals surface area (Å²) in [5.41, 5.74) is 12.0. The van der Waals surface area contributed by atoms with Crippen LogP contribution in [0.1, 0.15) is 0 Å². The SMILES string of the molecule is Fc1cc(-c2ccc(N(c3ccc(-c4ccccc4)cc3)c3ccc(-c4ccccc4)cc3)cc2)cc(-n2c3ccccc3c3cccnc32)c1. The summed E-state index contributed by atoms with van der Waals surface area (Å²) in [5, 5.41) is 2.13. The Hall–Kier alpha value is -6.78. The van der Waals surface area contributed by atoms with Crippen molar-refractivity contribution in [2.75, 3.05) is 4.90 Å². The Labute approximate surface area is 296 Å². The van der Waals surface area contributed by atoms with Crippen LogP contribution in [0.15, 0.2) is 194 Å². The standard InChI is InChI=1S/C47H32FN3/c48-39-30-38(31-43(32-39)51-46-16-8-7-14-44(46)45-15-9-29-49-47(45)51)37-21-27-42(28-22-37)50(40-23-17-35(18-24-40)33-10-3-1-4-11-33)41-25-19-36(20-26-41)34-12-5-2-6-13-34/h1-32H. The summed E-state index contributed by atoms with van der Waals surface area (Å²) in [6.45, 7) is 0. The largest absolute Gasteiger partial charge is 0.311 e. The van der Waals surface area contributed by atoms with Crippen molar-refractivity contribution in [1.82, 2.24) is 9.55 Å². The molecule has 51 heavy (non-hydrogen) atoms. The maximum absolute atomic E-state index is 15.4. The molecule has 2 heterocycles. The van der Waals surface area contributed by atoms with Crippen molar-refractivity contribution in [3.05, 3.63) is 200 Å². The van der Waals surface area contributed by atoms with Crippen LogP contribution in [-0.2, 0) is 0 Å². The molecule has 0 aliphatic carbocycles. The van der Waals surface area contributed by atoms with Gasteiger partial charge in [-0.1, -0.05) is 115 Å². The fraction of sp³-hybridized carbons (Fsp3) is 0. The van der Waals surface area contributed by atoms with Crippen molar-refractivity contribution >= 4 is 39.0 Å². The lowest BCUT2D eigenvalue weighted by atomic mass is 10.0. The number of para-hydroxylation sites is 1. The summed E-state index contributed by atoms with van der Waals surface area (Å²) >= 11 is 0. The Morgan fingerprint density at radius 1 is 0.412 bits per heavy atom. The maximum atomic E-state index is 15.4. The van der Waals surface area contributed by atoms with Crippen LogP contribution in [0.5, 0.6) is 0 Å². The highest BCUT2D eigenvalue weighted by Crippen LogP contribution is 2.38. The van der Waals surface area contributed by atoms with E-state index < -0.39 is 0 Å². The molecule has 0 fully saturated rings. The molecule has 0 bridgehead atoms. The molecule has 0 spiro atoms. The van der Waals surface area contributed by atoms with Gasteiger partial charge >= 0.3 is 0 Å². The second-order valence-corrected chi connectivity index (χ2v) is 12.6. The van der Waals surface area contributed by atoms with Crippen molar-refractivity contribution in [1.29, 1.82) is 0 Å². The molecular weight excluding hydrogens is 626 g/mol. The van der Waals surface area contributed by atoms with E-state index in [9.17, 15) is 0 Å². The van der Waals surface area contributed by atoms with Crippen molar-refractivity contribution in [2.24, 2.45) is 0 Å². The molecule has 0 saturated carbocycles. The third-order valence-corrected chi connectivity index (χ3v) is 9.50. The monoisotopic (exact) mass is 657 g/mol. The molecule has 0 N–H and O–H groups in total. The minimum Gasteiger partial charge on any atom is -0.311 e. The Morgan fingerprint density at radius 2 is 0.882 bits per heavy atom. The molecule has 0 amide bonds. The molecule has 0 aliphatic heterocycles. The number of fused-ring (bicyclic) bond motifs is 3. The number of rotatable bonds is 7. The summed E-state index contributed by atoms with van der Waals surface area (Å²) < 4.78 is 17.5. The fourth-order valence-corrected chi connectivity index (χ4v) is 7.04. The summed E-state index contributed by atoms with van der Waals surface area (Å²) in [6, 6.07) is 63.9. The summed E-state index contributed by atoms with van der Waals surface area (Å²) in [7, 11) is 0. The van der Waals surface area contributed by atoms with Crippen molar-refractivity contribution in [2.45, 2.75) is 0 Å². The van der Waals surface area contributed by atoms with E-state index in [-0.39, 0.29) is 5.82 Å². The average Bonchev–Trinajstić information content (AvgIpc) is 3.54. The van der Waals surface area contributed by atoms with Crippen molar-refractivity contribution < 1.29 is 4.39 Å². The van der Waals surface area contributed by atoms with Crippen LogP contribution in [-0.4, -0.2) is 9.55 Å². The number of halogens is 1. The minimum absolute atomic E-state index is 0.299. The van der Waals surface area contributed by atoms with Crippen molar-refractivity contribution in [3.63, 3.8) is 0 Å². The molecule has 242 valence electrons. The molecule has 9 aromatic rings. The van der Waals surface area contributed by atoms with E-state index in [1.165, 1.54) is 11.1 Å². The normalized spacial score (nSPS) is 11.2. The minimum atomic E-state index is -0.299. The first-order valence-electron chi connectivity index (χ1n) is 17.1. The number of hydrogen-bond donors (Lipinski definition) is 0. The van der Waals surface area contributed by atoms with Gasteiger partial charge in [0.05, 0.1) is 11.2 Å². The highest BCUT2D eigenvalue weighted by Gasteiger charge is 2.16. The first-order chi connectivity index (χ1) is 25.2. The zero-order valence-electron chi connectivity index (χ0n) is 27.7. The summed E-state index contributed by atoms with van der Waals surface area (Å²) in [4.78, 5) is 6.95. The number of nitrogens with zero attached hydrogens (tertiary/aromatic N) is 3. The van der Waals surface area contributed by atoms with Gasteiger partial charge in [0.15, 0.2) is 0 Å². The van der Waals surface area contributed by atoms with Crippen LogP contribution in [0.3, 0.4) is 0 Å². The Bertz CT molecular complexity index is 2470. The van der Waals surface area contributed by atoms with E-state index in [0.29, 0.717) is 0 Å². The smallest absolute Gasteiger partial charge is 0.145 e. The van der Waals surface area contributed by atoms with Gasteiger partial charge in [-0.3, -0.25) is 4.57 Å². The van der Waals surface area contributed by atoms with E-state index in [1.807, 2.05) is 41.0 Å². The number of pyridine rings is 1. The van der Waals surface area contributed by atoms with Gasteiger partial charge in [-0.25, -0.2) is 9.37 Å². The predicted molar refractivity (Wildman–Crippen MR) is 210 cm³/mol. The fourth-order valence-electron chi connectivity index (χ4n) is 7.04. The molecule has 2 aromatic heterocycles. The van der Waals surface area contributed by atoms with Crippen LogP contribution in [0.2, 0.25) is 0 Å². The predicted octanol–water partition coefficient (Wildman–Crippen LogP) is 12.8. The molecule has 4 heteroatoms. The number of hydrogen-bond acceptors (Lipinski definition) is 2. The summed E-state index contributed by atoms with van der Waals surface area (Å²) in [6.07, 6.45) is 1.78. The van der Waals surface area contributed by atoms with E-state index in [4.69, 9.17) is 4.98 Å². The Kier molecular flexibility index (Phi) is 7.67. The van der Waals surface area contributed by atoms with Gasteiger partial charge in [0.2, 0.25) is 0 Å². The van der Waals surface area contributed by atoms with Crippen LogP contribution in [0.4, 0.5) is 21.5 Å². The zero-order chi connectivity index (χ0) is 34.1.